The van der Waals surface area contributed by atoms with E-state index in [0.29, 0.717) is 42.4 Å². The fourth-order valence-electron chi connectivity index (χ4n) is 2.56. The van der Waals surface area contributed by atoms with E-state index in [0.717, 1.165) is 6.42 Å². The monoisotopic (exact) mass is 332 g/mol. The van der Waals surface area contributed by atoms with Crippen LogP contribution in [0.1, 0.15) is 78.1 Å². The molecule has 6 heteroatoms. The summed E-state index contributed by atoms with van der Waals surface area (Å²) in [5.41, 5.74) is 11.9. The maximum Gasteiger partial charge on any atom is 0.224 e. The fourth-order valence-corrected chi connectivity index (χ4v) is 2.56. The van der Waals surface area contributed by atoms with Gasteiger partial charge in [0.1, 0.15) is 0 Å². The van der Waals surface area contributed by atoms with Crippen LogP contribution in [0, 0.1) is 0 Å². The average Bonchev–Trinajstić information content (AvgIpc) is 2.49. The van der Waals surface area contributed by atoms with Crippen molar-refractivity contribution < 1.29 is 19.2 Å². The minimum Gasteiger partial charge on any atom is -0.370 e. The Kier molecular flexibility index (Phi) is 7.30. The van der Waals surface area contributed by atoms with Crippen LogP contribution in [0.3, 0.4) is 0 Å². The topological polar surface area (TPSA) is 120 Å². The van der Waals surface area contributed by atoms with Crippen molar-refractivity contribution in [2.45, 2.75) is 51.9 Å². The number of primary amides is 2. The molecule has 1 atom stereocenters. The van der Waals surface area contributed by atoms with Crippen molar-refractivity contribution in [2.75, 3.05) is 0 Å². The molecular formula is C18H24N2O4. The van der Waals surface area contributed by atoms with Crippen LogP contribution in [0.5, 0.6) is 0 Å². The Balaban J connectivity index is 2.94. The van der Waals surface area contributed by atoms with E-state index in [1.807, 2.05) is 0 Å². The Hall–Kier alpha value is -2.50. The second-order valence-electron chi connectivity index (χ2n) is 5.98. The molecule has 0 bridgehead atoms. The van der Waals surface area contributed by atoms with Crippen molar-refractivity contribution in [3.05, 3.63) is 34.9 Å². The van der Waals surface area contributed by atoms with E-state index >= 15 is 0 Å². The molecule has 0 spiro atoms. The van der Waals surface area contributed by atoms with Crippen molar-refractivity contribution in [3.63, 3.8) is 0 Å². The zero-order valence-corrected chi connectivity index (χ0v) is 14.1. The predicted molar refractivity (Wildman–Crippen MR) is 90.7 cm³/mol. The highest BCUT2D eigenvalue weighted by atomic mass is 16.1. The highest BCUT2D eigenvalue weighted by Gasteiger charge is 2.20. The molecule has 0 fully saturated rings. The summed E-state index contributed by atoms with van der Waals surface area (Å²) >= 11 is 0. The summed E-state index contributed by atoms with van der Waals surface area (Å²) in [4.78, 5) is 45.8. The van der Waals surface area contributed by atoms with Gasteiger partial charge in [-0.3, -0.25) is 19.2 Å². The number of ketones is 2. The van der Waals surface area contributed by atoms with E-state index in [1.54, 1.807) is 12.1 Å². The molecule has 130 valence electrons. The molecule has 4 N–H and O–H groups in total. The van der Waals surface area contributed by atoms with Gasteiger partial charge in [0.05, 0.1) is 5.92 Å². The molecule has 24 heavy (non-hydrogen) atoms. The van der Waals surface area contributed by atoms with Crippen LogP contribution in [-0.4, -0.2) is 23.4 Å². The fraction of sp³-hybridized carbons (Fsp3) is 0.444. The summed E-state index contributed by atoms with van der Waals surface area (Å²) < 4.78 is 0. The van der Waals surface area contributed by atoms with Gasteiger partial charge in [-0.25, -0.2) is 0 Å². The normalized spacial score (nSPS) is 11.8. The first-order valence-electron chi connectivity index (χ1n) is 7.97. The van der Waals surface area contributed by atoms with Gasteiger partial charge in [-0.1, -0.05) is 12.8 Å². The van der Waals surface area contributed by atoms with Crippen molar-refractivity contribution in [3.8, 4) is 0 Å². The van der Waals surface area contributed by atoms with E-state index in [-0.39, 0.29) is 17.5 Å². The zero-order valence-electron chi connectivity index (χ0n) is 14.1. The first-order valence-corrected chi connectivity index (χ1v) is 7.97. The number of hydrogen-bond donors (Lipinski definition) is 2. The van der Waals surface area contributed by atoms with Crippen LogP contribution < -0.4 is 11.5 Å². The van der Waals surface area contributed by atoms with Gasteiger partial charge in [-0.2, -0.15) is 0 Å². The first kappa shape index (κ1) is 19.5. The van der Waals surface area contributed by atoms with Crippen LogP contribution in [0.25, 0.3) is 0 Å². The van der Waals surface area contributed by atoms with E-state index in [2.05, 4.69) is 0 Å². The molecule has 0 aliphatic carbocycles. The quantitative estimate of drug-likeness (QED) is 0.503. The number of benzene rings is 1. The third-order valence-corrected chi connectivity index (χ3v) is 3.93. The van der Waals surface area contributed by atoms with Crippen LogP contribution in [0.2, 0.25) is 0 Å². The lowest BCUT2D eigenvalue weighted by molar-refractivity contribution is -0.120. The highest BCUT2D eigenvalue weighted by molar-refractivity contribution is 6.00. The molecule has 0 saturated carbocycles. The zero-order chi connectivity index (χ0) is 18.3. The maximum atomic E-state index is 11.8. The summed E-state index contributed by atoms with van der Waals surface area (Å²) in [7, 11) is 0. The molecule has 0 aliphatic heterocycles. The second-order valence-corrected chi connectivity index (χ2v) is 5.98. The lowest BCUT2D eigenvalue weighted by Gasteiger charge is -2.16. The third-order valence-electron chi connectivity index (χ3n) is 3.93. The number of nitrogens with two attached hydrogens (primary N) is 2. The molecule has 0 heterocycles. The van der Waals surface area contributed by atoms with Crippen molar-refractivity contribution in [1.82, 2.24) is 0 Å². The lowest BCUT2D eigenvalue weighted by Crippen LogP contribution is -2.22. The standard InChI is InChI=1S/C18H24N2O4/c1-11(21)13-8-14(12(2)22)10-15(9-13)16(18(20)24)6-4-3-5-7-17(19)23/h8-10,16H,3-7H2,1-2H3,(H2,19,23)(H2,20,24). The molecular weight excluding hydrogens is 308 g/mol. The minimum atomic E-state index is -0.573. The molecule has 6 nitrogen and oxygen atoms in total. The summed E-state index contributed by atoms with van der Waals surface area (Å²) in [6.45, 7) is 2.82. The molecule has 2 amide bonds. The van der Waals surface area contributed by atoms with Gasteiger partial charge in [0, 0.05) is 17.5 Å². The van der Waals surface area contributed by atoms with Crippen molar-refractivity contribution in [1.29, 1.82) is 0 Å². The number of unbranched alkanes of at least 4 members (excludes halogenated alkanes) is 2. The minimum absolute atomic E-state index is 0.177. The van der Waals surface area contributed by atoms with E-state index < -0.39 is 11.8 Å². The van der Waals surface area contributed by atoms with E-state index in [1.165, 1.54) is 19.9 Å². The number of amides is 2. The Bertz CT molecular complexity index is 620. The third kappa shape index (κ3) is 5.95. The number of Topliss-reactive ketones (excluding diaryl/α,β-unsaturated/α-hetero) is 2. The van der Waals surface area contributed by atoms with Gasteiger partial charge in [0.25, 0.3) is 0 Å². The first-order chi connectivity index (χ1) is 11.2. The average molecular weight is 332 g/mol. The lowest BCUT2D eigenvalue weighted by atomic mass is 9.89. The van der Waals surface area contributed by atoms with Gasteiger partial charge >= 0.3 is 0 Å². The Labute approximate surface area is 141 Å². The molecule has 0 saturated heterocycles. The van der Waals surface area contributed by atoms with Gasteiger partial charge in [0.15, 0.2) is 11.6 Å². The summed E-state index contributed by atoms with van der Waals surface area (Å²) in [5, 5.41) is 0. The molecule has 1 unspecified atom stereocenters. The Morgan fingerprint density at radius 1 is 0.875 bits per heavy atom. The van der Waals surface area contributed by atoms with E-state index in [9.17, 15) is 19.2 Å². The van der Waals surface area contributed by atoms with Gasteiger partial charge in [-0.05, 0) is 50.5 Å². The number of carbonyl (C=O) groups is 4. The SMILES string of the molecule is CC(=O)c1cc(C(C)=O)cc(C(CCCCCC(N)=O)C(N)=O)c1. The molecule has 1 aromatic carbocycles. The Morgan fingerprint density at radius 2 is 1.42 bits per heavy atom. The second kappa shape index (κ2) is 8.96. The number of hydrogen-bond acceptors (Lipinski definition) is 4. The predicted octanol–water partition coefficient (Wildman–Crippen LogP) is 2.10. The number of carbonyl (C=O) groups excluding carboxylic acids is 4. The summed E-state index contributed by atoms with van der Waals surface area (Å²) in [5.74, 6) is -1.77. The molecule has 0 aromatic heterocycles. The smallest absolute Gasteiger partial charge is 0.224 e. The van der Waals surface area contributed by atoms with Gasteiger partial charge in [0.2, 0.25) is 11.8 Å². The maximum absolute atomic E-state index is 11.8. The van der Waals surface area contributed by atoms with Crippen LogP contribution in [0.15, 0.2) is 18.2 Å². The molecule has 0 radical (unpaired) electrons. The highest BCUT2D eigenvalue weighted by Crippen LogP contribution is 2.25. The molecule has 1 aromatic rings. The Morgan fingerprint density at radius 3 is 1.83 bits per heavy atom. The summed E-state index contributed by atoms with van der Waals surface area (Å²) in [6, 6.07) is 4.76. The molecule has 0 aliphatic rings. The van der Waals surface area contributed by atoms with Crippen molar-refractivity contribution in [2.24, 2.45) is 11.5 Å². The summed E-state index contributed by atoms with van der Waals surface area (Å²) in [6.07, 6.45) is 2.91. The van der Waals surface area contributed by atoms with Crippen LogP contribution in [-0.2, 0) is 9.59 Å². The van der Waals surface area contributed by atoms with Crippen LogP contribution >= 0.6 is 0 Å². The van der Waals surface area contributed by atoms with Gasteiger partial charge < -0.3 is 11.5 Å². The van der Waals surface area contributed by atoms with Gasteiger partial charge in [-0.15, -0.1) is 0 Å². The van der Waals surface area contributed by atoms with E-state index in [4.69, 9.17) is 11.5 Å². The number of rotatable bonds is 10. The van der Waals surface area contributed by atoms with Crippen molar-refractivity contribution >= 4 is 23.4 Å². The largest absolute Gasteiger partial charge is 0.370 e. The van der Waals surface area contributed by atoms with Crippen LogP contribution in [0.4, 0.5) is 0 Å². The molecule has 1 rings (SSSR count).